The lowest BCUT2D eigenvalue weighted by atomic mass is 10.0. The molecule has 0 aliphatic heterocycles. The second-order valence-corrected chi connectivity index (χ2v) is 5.97. The minimum absolute atomic E-state index is 0.0182. The molecule has 118 valence electrons. The van der Waals surface area contributed by atoms with Gasteiger partial charge >= 0.3 is 0 Å². The van der Waals surface area contributed by atoms with Crippen LogP contribution in [0.25, 0.3) is 21.5 Å². The molecule has 0 radical (unpaired) electrons. The molecule has 0 atom stereocenters. The molecule has 3 heteroatoms. The Balaban J connectivity index is 1.86. The summed E-state index contributed by atoms with van der Waals surface area (Å²) in [6.07, 6.45) is 0.714. The molecule has 0 unspecified atom stereocenters. The first-order chi connectivity index (χ1) is 11.8. The predicted octanol–water partition coefficient (Wildman–Crippen LogP) is 4.16. The lowest BCUT2D eigenvalue weighted by Gasteiger charge is -2.10. The van der Waals surface area contributed by atoms with Gasteiger partial charge in [-0.1, -0.05) is 60.7 Å². The van der Waals surface area contributed by atoms with Crippen LogP contribution in [0.2, 0.25) is 0 Å². The minimum atomic E-state index is -0.0182. The van der Waals surface area contributed by atoms with Crippen molar-refractivity contribution >= 4 is 21.5 Å². The van der Waals surface area contributed by atoms with E-state index in [1.165, 1.54) is 16.3 Å². The first kappa shape index (κ1) is 14.6. The van der Waals surface area contributed by atoms with Gasteiger partial charge in [0.15, 0.2) is 0 Å². The smallest absolute Gasteiger partial charge is 0.267 e. The monoisotopic (exact) mass is 314 g/mol. The van der Waals surface area contributed by atoms with Crippen LogP contribution < -0.4 is 5.56 Å². The molecule has 0 aliphatic carbocycles. The van der Waals surface area contributed by atoms with Crippen LogP contribution in [0.4, 0.5) is 0 Å². The maximum atomic E-state index is 12.4. The Kier molecular flexibility index (Phi) is 3.62. The minimum Gasteiger partial charge on any atom is -0.267 e. The number of aryl methyl sites for hydroxylation is 1. The Morgan fingerprint density at radius 2 is 1.58 bits per heavy atom. The van der Waals surface area contributed by atoms with E-state index in [2.05, 4.69) is 41.5 Å². The van der Waals surface area contributed by atoms with E-state index in [0.717, 1.165) is 16.5 Å². The largest absolute Gasteiger partial charge is 0.274 e. The molecule has 4 rings (SSSR count). The molecule has 3 aromatic carbocycles. The number of benzene rings is 3. The zero-order chi connectivity index (χ0) is 16.5. The van der Waals surface area contributed by atoms with Crippen LogP contribution in [-0.4, -0.2) is 9.78 Å². The molecule has 0 aliphatic rings. The molecule has 0 amide bonds. The summed E-state index contributed by atoms with van der Waals surface area (Å²) in [5, 5.41) is 8.74. The first-order valence-corrected chi connectivity index (χ1v) is 8.22. The number of nitrogens with zero attached hydrogens (tertiary/aromatic N) is 2. The van der Waals surface area contributed by atoms with Gasteiger partial charge in [-0.3, -0.25) is 4.79 Å². The van der Waals surface area contributed by atoms with Crippen molar-refractivity contribution in [3.05, 3.63) is 88.3 Å². The van der Waals surface area contributed by atoms with Gasteiger partial charge in [0.2, 0.25) is 0 Å². The van der Waals surface area contributed by atoms with Crippen LogP contribution in [0, 0.1) is 0 Å². The summed E-state index contributed by atoms with van der Waals surface area (Å²) >= 11 is 0. The zero-order valence-corrected chi connectivity index (χ0v) is 13.6. The Bertz CT molecular complexity index is 1100. The molecular weight excluding hydrogens is 296 g/mol. The lowest BCUT2D eigenvalue weighted by molar-refractivity contribution is 0.610. The van der Waals surface area contributed by atoms with Gasteiger partial charge in [-0.15, -0.1) is 0 Å². The van der Waals surface area contributed by atoms with Crippen LogP contribution in [0.5, 0.6) is 0 Å². The molecule has 1 heterocycles. The van der Waals surface area contributed by atoms with Crippen LogP contribution in [0.15, 0.2) is 71.5 Å². The Labute approximate surface area is 140 Å². The van der Waals surface area contributed by atoms with E-state index in [0.29, 0.717) is 13.0 Å². The predicted molar refractivity (Wildman–Crippen MR) is 98.4 cm³/mol. The van der Waals surface area contributed by atoms with Crippen molar-refractivity contribution in [2.24, 2.45) is 0 Å². The van der Waals surface area contributed by atoms with Gasteiger partial charge in [-0.25, -0.2) is 4.68 Å². The Morgan fingerprint density at radius 1 is 0.875 bits per heavy atom. The van der Waals surface area contributed by atoms with Gasteiger partial charge < -0.3 is 0 Å². The van der Waals surface area contributed by atoms with Gasteiger partial charge in [0.1, 0.15) is 0 Å². The number of aromatic nitrogens is 2. The van der Waals surface area contributed by atoms with Crippen molar-refractivity contribution in [1.82, 2.24) is 9.78 Å². The standard InChI is InChI=1S/C21H18N2O/c1-2-23-21(24)19-10-6-5-9-18(19)20(22-23)14-15-11-12-16-7-3-4-8-17(16)13-15/h3-13H,2,14H2,1H3. The van der Waals surface area contributed by atoms with E-state index in [9.17, 15) is 4.79 Å². The molecule has 0 spiro atoms. The Morgan fingerprint density at radius 3 is 2.38 bits per heavy atom. The molecule has 0 saturated heterocycles. The van der Waals surface area contributed by atoms with E-state index in [1.807, 2.05) is 37.3 Å². The molecule has 4 aromatic rings. The summed E-state index contributed by atoms with van der Waals surface area (Å²) in [4.78, 5) is 12.4. The Hall–Kier alpha value is -2.94. The fourth-order valence-corrected chi connectivity index (χ4v) is 3.19. The van der Waals surface area contributed by atoms with Crippen molar-refractivity contribution in [2.45, 2.75) is 19.9 Å². The maximum Gasteiger partial charge on any atom is 0.274 e. The summed E-state index contributed by atoms with van der Waals surface area (Å²) in [6.45, 7) is 2.53. The summed E-state index contributed by atoms with van der Waals surface area (Å²) in [6, 6.07) is 22.6. The van der Waals surface area contributed by atoms with Crippen molar-refractivity contribution in [2.75, 3.05) is 0 Å². The maximum absolute atomic E-state index is 12.4. The molecule has 0 bridgehead atoms. The molecule has 0 saturated carbocycles. The van der Waals surface area contributed by atoms with E-state index in [-0.39, 0.29) is 5.56 Å². The molecule has 3 nitrogen and oxygen atoms in total. The molecule has 24 heavy (non-hydrogen) atoms. The zero-order valence-electron chi connectivity index (χ0n) is 13.6. The van der Waals surface area contributed by atoms with E-state index < -0.39 is 0 Å². The lowest BCUT2D eigenvalue weighted by Crippen LogP contribution is -2.23. The van der Waals surface area contributed by atoms with E-state index in [4.69, 9.17) is 0 Å². The second kappa shape index (κ2) is 5.93. The molecule has 1 aromatic heterocycles. The average Bonchev–Trinajstić information content (AvgIpc) is 2.64. The van der Waals surface area contributed by atoms with Crippen LogP contribution in [0.1, 0.15) is 18.2 Å². The van der Waals surface area contributed by atoms with E-state index in [1.54, 1.807) is 4.68 Å². The van der Waals surface area contributed by atoms with Crippen molar-refractivity contribution in [3.8, 4) is 0 Å². The first-order valence-electron chi connectivity index (χ1n) is 8.22. The van der Waals surface area contributed by atoms with Crippen LogP contribution in [0.3, 0.4) is 0 Å². The van der Waals surface area contributed by atoms with E-state index >= 15 is 0 Å². The average molecular weight is 314 g/mol. The van der Waals surface area contributed by atoms with Crippen LogP contribution >= 0.6 is 0 Å². The van der Waals surface area contributed by atoms with Gasteiger partial charge in [-0.2, -0.15) is 5.10 Å². The van der Waals surface area contributed by atoms with Crippen LogP contribution in [-0.2, 0) is 13.0 Å². The SMILES string of the molecule is CCn1nc(Cc2ccc3ccccc3c2)c2ccccc2c1=O. The molecular formula is C21H18N2O. The molecule has 0 fully saturated rings. The number of hydrogen-bond acceptors (Lipinski definition) is 2. The topological polar surface area (TPSA) is 34.9 Å². The van der Waals surface area contributed by atoms with Crippen molar-refractivity contribution in [3.63, 3.8) is 0 Å². The molecule has 0 N–H and O–H groups in total. The highest BCUT2D eigenvalue weighted by atomic mass is 16.1. The van der Waals surface area contributed by atoms with Gasteiger partial charge in [0, 0.05) is 18.4 Å². The number of rotatable bonds is 3. The van der Waals surface area contributed by atoms with Gasteiger partial charge in [0.05, 0.1) is 11.1 Å². The number of fused-ring (bicyclic) bond motifs is 2. The van der Waals surface area contributed by atoms with Gasteiger partial charge in [0.25, 0.3) is 5.56 Å². The summed E-state index contributed by atoms with van der Waals surface area (Å²) < 4.78 is 1.55. The second-order valence-electron chi connectivity index (χ2n) is 5.97. The third-order valence-corrected chi connectivity index (χ3v) is 4.43. The summed E-state index contributed by atoms with van der Waals surface area (Å²) in [5.41, 5.74) is 2.13. The highest BCUT2D eigenvalue weighted by molar-refractivity contribution is 5.85. The normalized spacial score (nSPS) is 11.2. The van der Waals surface area contributed by atoms with Gasteiger partial charge in [-0.05, 0) is 29.3 Å². The fraction of sp³-hybridized carbons (Fsp3) is 0.143. The quantitative estimate of drug-likeness (QED) is 0.569. The highest BCUT2D eigenvalue weighted by Gasteiger charge is 2.10. The summed E-state index contributed by atoms with van der Waals surface area (Å²) in [7, 11) is 0. The van der Waals surface area contributed by atoms with Crippen molar-refractivity contribution in [1.29, 1.82) is 0 Å². The fourth-order valence-electron chi connectivity index (χ4n) is 3.19. The number of hydrogen-bond donors (Lipinski definition) is 0. The highest BCUT2D eigenvalue weighted by Crippen LogP contribution is 2.20. The third kappa shape index (κ3) is 2.48. The third-order valence-electron chi connectivity index (χ3n) is 4.43. The summed E-state index contributed by atoms with van der Waals surface area (Å²) in [5.74, 6) is 0. The van der Waals surface area contributed by atoms with Crippen molar-refractivity contribution < 1.29 is 0 Å².